The van der Waals surface area contributed by atoms with Gasteiger partial charge in [0, 0.05) is 41.9 Å². The van der Waals surface area contributed by atoms with E-state index in [1.54, 1.807) is 12.7 Å². The van der Waals surface area contributed by atoms with E-state index in [-0.39, 0.29) is 5.41 Å². The van der Waals surface area contributed by atoms with E-state index in [9.17, 15) is 0 Å². The molecule has 2 aromatic rings. The number of anilines is 1. The lowest BCUT2D eigenvalue weighted by Crippen LogP contribution is -2.38. The summed E-state index contributed by atoms with van der Waals surface area (Å²) in [5.41, 5.74) is 8.30. The molecule has 0 amide bonds. The number of aryl methyl sites for hydroxylation is 1. The van der Waals surface area contributed by atoms with Gasteiger partial charge >= 0.3 is 0 Å². The van der Waals surface area contributed by atoms with Crippen LogP contribution in [-0.4, -0.2) is 32.0 Å². The van der Waals surface area contributed by atoms with Crippen molar-refractivity contribution in [3.8, 4) is 5.75 Å². The Hall–Kier alpha value is -2.55. The maximum Gasteiger partial charge on any atom is 0.119 e. The number of aliphatic imine (C=N–C) groups is 1. The maximum absolute atomic E-state index is 5.65. The monoisotopic (exact) mass is 470 g/mol. The summed E-state index contributed by atoms with van der Waals surface area (Å²) in [6.07, 6.45) is 14.8. The second kappa shape index (κ2) is 10.2. The van der Waals surface area contributed by atoms with Gasteiger partial charge in [0.05, 0.1) is 7.11 Å². The zero-order chi connectivity index (χ0) is 24.4. The van der Waals surface area contributed by atoms with Crippen molar-refractivity contribution in [2.75, 3.05) is 25.1 Å². The number of fused-ring (bicyclic) bond motifs is 3. The first-order valence-electron chi connectivity index (χ1n) is 13.9. The lowest BCUT2D eigenvalue weighted by molar-refractivity contribution is 0.374. The summed E-state index contributed by atoms with van der Waals surface area (Å²) in [5, 5.41) is 0. The van der Waals surface area contributed by atoms with E-state index in [0.717, 1.165) is 31.7 Å². The molecule has 2 saturated carbocycles. The van der Waals surface area contributed by atoms with Crippen molar-refractivity contribution in [2.24, 2.45) is 4.99 Å². The number of methoxy groups -OCH3 is 1. The first-order chi connectivity index (χ1) is 17.1. The Morgan fingerprint density at radius 2 is 1.89 bits per heavy atom. The summed E-state index contributed by atoms with van der Waals surface area (Å²) in [4.78, 5) is 7.79. The average Bonchev–Trinajstić information content (AvgIpc) is 3.48. The van der Waals surface area contributed by atoms with Gasteiger partial charge in [-0.2, -0.15) is 0 Å². The smallest absolute Gasteiger partial charge is 0.119 e. The standard InChI is InChI=1S/C32H42N2O/c1-5-33-31(32(19-8-7-9-20-32)28-22-25(35-4)16-13-23(28)3)18-15-24-14-17-30-27(21-24)26-11-10-12-29(26)34(30)6-2/h13-18,21-22,26,29H,5-12,19-20H2,1-4H3/b18-15+,33-31?. The third-order valence-electron chi connectivity index (χ3n) is 8.90. The van der Waals surface area contributed by atoms with E-state index in [2.05, 4.69) is 74.2 Å². The Morgan fingerprint density at radius 3 is 2.63 bits per heavy atom. The molecule has 0 N–H and O–H groups in total. The number of likely N-dealkylation sites (N-methyl/N-ethyl adjacent to an activating group) is 1. The molecule has 0 aromatic heterocycles. The summed E-state index contributed by atoms with van der Waals surface area (Å²) >= 11 is 0. The maximum atomic E-state index is 5.65. The first-order valence-corrected chi connectivity index (χ1v) is 13.9. The fourth-order valence-electron chi connectivity index (χ4n) is 7.27. The van der Waals surface area contributed by atoms with Crippen LogP contribution in [0, 0.1) is 6.92 Å². The van der Waals surface area contributed by atoms with Gasteiger partial charge in [0.25, 0.3) is 0 Å². The number of rotatable bonds is 7. The number of benzene rings is 2. The van der Waals surface area contributed by atoms with Crippen LogP contribution in [0.15, 0.2) is 47.5 Å². The highest BCUT2D eigenvalue weighted by molar-refractivity contribution is 6.06. The highest BCUT2D eigenvalue weighted by Gasteiger charge is 2.41. The molecule has 0 spiro atoms. The molecule has 3 aliphatic rings. The summed E-state index contributed by atoms with van der Waals surface area (Å²) in [6, 6.07) is 14.4. The van der Waals surface area contributed by atoms with Crippen molar-refractivity contribution in [1.82, 2.24) is 0 Å². The summed E-state index contributed by atoms with van der Waals surface area (Å²) < 4.78 is 5.65. The quantitative estimate of drug-likeness (QED) is 0.385. The summed E-state index contributed by atoms with van der Waals surface area (Å²) in [7, 11) is 1.77. The minimum absolute atomic E-state index is 0.0321. The predicted molar refractivity (Wildman–Crippen MR) is 149 cm³/mol. The molecule has 0 bridgehead atoms. The Kier molecular flexibility index (Phi) is 7.05. The fourth-order valence-corrected chi connectivity index (χ4v) is 7.27. The molecule has 1 aliphatic heterocycles. The molecule has 2 aromatic carbocycles. The second-order valence-corrected chi connectivity index (χ2v) is 10.7. The zero-order valence-corrected chi connectivity index (χ0v) is 22.1. The molecule has 0 saturated heterocycles. The van der Waals surface area contributed by atoms with Gasteiger partial charge in [-0.15, -0.1) is 0 Å². The second-order valence-electron chi connectivity index (χ2n) is 10.7. The van der Waals surface area contributed by atoms with Crippen LogP contribution < -0.4 is 9.64 Å². The molecule has 1 heterocycles. The van der Waals surface area contributed by atoms with Crippen LogP contribution in [0.4, 0.5) is 5.69 Å². The molecule has 2 fully saturated rings. The van der Waals surface area contributed by atoms with Gasteiger partial charge in [-0.05, 0) is 99.0 Å². The number of allylic oxidation sites excluding steroid dienone is 1. The van der Waals surface area contributed by atoms with Crippen LogP contribution in [0.25, 0.3) is 6.08 Å². The van der Waals surface area contributed by atoms with Crippen LogP contribution in [0.2, 0.25) is 0 Å². The average molecular weight is 471 g/mol. The van der Waals surface area contributed by atoms with Crippen LogP contribution in [0.5, 0.6) is 5.75 Å². The molecule has 2 aliphatic carbocycles. The molecular formula is C32H42N2O. The highest BCUT2D eigenvalue weighted by atomic mass is 16.5. The lowest BCUT2D eigenvalue weighted by Gasteiger charge is -2.39. The summed E-state index contributed by atoms with van der Waals surface area (Å²) in [5.74, 6) is 1.66. The molecule has 3 nitrogen and oxygen atoms in total. The third-order valence-corrected chi connectivity index (χ3v) is 8.90. The highest BCUT2D eigenvalue weighted by Crippen LogP contribution is 2.49. The van der Waals surface area contributed by atoms with Crippen LogP contribution in [0.1, 0.15) is 93.4 Å². The van der Waals surface area contributed by atoms with Crippen molar-refractivity contribution in [2.45, 2.75) is 89.5 Å². The van der Waals surface area contributed by atoms with Crippen molar-refractivity contribution in [1.29, 1.82) is 0 Å². The van der Waals surface area contributed by atoms with Gasteiger partial charge < -0.3 is 9.64 Å². The van der Waals surface area contributed by atoms with E-state index in [1.807, 2.05) is 0 Å². The van der Waals surface area contributed by atoms with Gasteiger partial charge in [0.2, 0.25) is 0 Å². The minimum Gasteiger partial charge on any atom is -0.497 e. The van der Waals surface area contributed by atoms with Gasteiger partial charge in [0.1, 0.15) is 5.75 Å². The lowest BCUT2D eigenvalue weighted by atomic mass is 9.65. The van der Waals surface area contributed by atoms with Gasteiger partial charge in [0.15, 0.2) is 0 Å². The zero-order valence-electron chi connectivity index (χ0n) is 22.1. The van der Waals surface area contributed by atoms with E-state index >= 15 is 0 Å². The molecule has 0 radical (unpaired) electrons. The van der Waals surface area contributed by atoms with Crippen molar-refractivity contribution in [3.63, 3.8) is 0 Å². The molecule has 35 heavy (non-hydrogen) atoms. The number of hydrogen-bond acceptors (Lipinski definition) is 3. The normalized spacial score (nSPS) is 23.5. The van der Waals surface area contributed by atoms with Crippen molar-refractivity contribution < 1.29 is 4.74 Å². The Labute approximate surface area is 212 Å². The van der Waals surface area contributed by atoms with Crippen LogP contribution in [0.3, 0.4) is 0 Å². The van der Waals surface area contributed by atoms with Crippen molar-refractivity contribution in [3.05, 3.63) is 64.7 Å². The van der Waals surface area contributed by atoms with E-state index in [4.69, 9.17) is 9.73 Å². The molecule has 3 heteroatoms. The molecule has 2 atom stereocenters. The third kappa shape index (κ3) is 4.32. The van der Waals surface area contributed by atoms with Crippen LogP contribution in [-0.2, 0) is 5.41 Å². The number of hydrogen-bond donors (Lipinski definition) is 0. The first kappa shape index (κ1) is 24.2. The van der Waals surface area contributed by atoms with E-state index in [0.29, 0.717) is 12.0 Å². The van der Waals surface area contributed by atoms with Crippen LogP contribution >= 0.6 is 0 Å². The Balaban J connectivity index is 1.52. The predicted octanol–water partition coefficient (Wildman–Crippen LogP) is 7.86. The van der Waals surface area contributed by atoms with Gasteiger partial charge in [-0.25, -0.2) is 0 Å². The molecule has 5 rings (SSSR count). The minimum atomic E-state index is -0.0321. The van der Waals surface area contributed by atoms with Gasteiger partial charge in [-0.3, -0.25) is 4.99 Å². The molecule has 186 valence electrons. The summed E-state index contributed by atoms with van der Waals surface area (Å²) in [6.45, 7) is 8.63. The number of nitrogens with zero attached hydrogens (tertiary/aromatic N) is 2. The number of ether oxygens (including phenoxy) is 1. The largest absolute Gasteiger partial charge is 0.497 e. The van der Waals surface area contributed by atoms with E-state index < -0.39 is 0 Å². The van der Waals surface area contributed by atoms with Gasteiger partial charge in [-0.1, -0.05) is 43.9 Å². The molecule has 2 unspecified atom stereocenters. The van der Waals surface area contributed by atoms with E-state index in [1.165, 1.54) is 66.6 Å². The Bertz CT molecular complexity index is 1110. The fraction of sp³-hybridized carbons (Fsp3) is 0.531. The SMILES string of the molecule is CCN=C(/C=C/c1ccc2c(c1)C1CCCC1N2CC)C1(c2cc(OC)ccc2C)CCCCC1. The molecular weight excluding hydrogens is 428 g/mol. The topological polar surface area (TPSA) is 24.8 Å². The Morgan fingerprint density at radius 1 is 1.06 bits per heavy atom. The van der Waals surface area contributed by atoms with Crippen molar-refractivity contribution >= 4 is 17.5 Å².